The van der Waals surface area contributed by atoms with Gasteiger partial charge in [0.15, 0.2) is 0 Å². The summed E-state index contributed by atoms with van der Waals surface area (Å²) in [6.07, 6.45) is 0. The molecule has 0 atom stereocenters. The molecule has 1 aromatic rings. The highest BCUT2D eigenvalue weighted by Gasteiger charge is 2.16. The summed E-state index contributed by atoms with van der Waals surface area (Å²) in [4.78, 5) is 23.5. The van der Waals surface area contributed by atoms with Crippen molar-refractivity contribution in [2.75, 3.05) is 13.6 Å². The van der Waals surface area contributed by atoms with Gasteiger partial charge in [0.1, 0.15) is 6.54 Å². The standard InChI is InChI=1S/C11H12ClNO3/c1-7-8(4-3-5-9(7)12)11(16)13(2)6-10(14)15/h3-5H,6H2,1-2H3,(H,14,15). The van der Waals surface area contributed by atoms with Crippen LogP contribution in [-0.4, -0.2) is 35.5 Å². The van der Waals surface area contributed by atoms with E-state index in [2.05, 4.69) is 0 Å². The van der Waals surface area contributed by atoms with Crippen molar-refractivity contribution in [3.8, 4) is 0 Å². The number of benzene rings is 1. The lowest BCUT2D eigenvalue weighted by Gasteiger charge is -2.16. The lowest BCUT2D eigenvalue weighted by Crippen LogP contribution is -2.32. The second-order valence-corrected chi connectivity index (χ2v) is 3.87. The molecule has 0 saturated carbocycles. The summed E-state index contributed by atoms with van der Waals surface area (Å²) in [5.41, 5.74) is 1.09. The molecule has 0 fully saturated rings. The van der Waals surface area contributed by atoms with Gasteiger partial charge in [-0.1, -0.05) is 17.7 Å². The maximum atomic E-state index is 11.9. The highest BCUT2D eigenvalue weighted by molar-refractivity contribution is 6.31. The van der Waals surface area contributed by atoms with E-state index < -0.39 is 5.97 Å². The monoisotopic (exact) mass is 241 g/mol. The fraction of sp³-hybridized carbons (Fsp3) is 0.273. The molecule has 1 amide bonds. The van der Waals surface area contributed by atoms with Crippen LogP contribution in [0, 0.1) is 6.92 Å². The number of aliphatic carboxylic acids is 1. The second kappa shape index (κ2) is 4.99. The summed E-state index contributed by atoms with van der Waals surface area (Å²) < 4.78 is 0. The van der Waals surface area contributed by atoms with Gasteiger partial charge in [-0.25, -0.2) is 0 Å². The lowest BCUT2D eigenvalue weighted by molar-refractivity contribution is -0.137. The summed E-state index contributed by atoms with van der Waals surface area (Å²) >= 11 is 5.88. The number of halogens is 1. The van der Waals surface area contributed by atoms with E-state index in [9.17, 15) is 9.59 Å². The van der Waals surface area contributed by atoms with Crippen molar-refractivity contribution in [3.63, 3.8) is 0 Å². The van der Waals surface area contributed by atoms with E-state index in [-0.39, 0.29) is 12.5 Å². The third kappa shape index (κ3) is 2.73. The minimum absolute atomic E-state index is 0.329. The van der Waals surface area contributed by atoms with Gasteiger partial charge in [-0.2, -0.15) is 0 Å². The quantitative estimate of drug-likeness (QED) is 0.878. The number of hydrogen-bond donors (Lipinski definition) is 1. The molecule has 0 aliphatic heterocycles. The van der Waals surface area contributed by atoms with Crippen LogP contribution >= 0.6 is 11.6 Å². The number of rotatable bonds is 3. The van der Waals surface area contributed by atoms with Crippen LogP contribution in [-0.2, 0) is 4.79 Å². The van der Waals surface area contributed by atoms with Gasteiger partial charge in [0, 0.05) is 17.6 Å². The smallest absolute Gasteiger partial charge is 0.323 e. The topological polar surface area (TPSA) is 57.6 Å². The highest BCUT2D eigenvalue weighted by Crippen LogP contribution is 2.19. The first-order valence-electron chi connectivity index (χ1n) is 4.66. The van der Waals surface area contributed by atoms with Crippen molar-refractivity contribution in [2.24, 2.45) is 0 Å². The molecule has 0 heterocycles. The van der Waals surface area contributed by atoms with Crippen molar-refractivity contribution in [1.29, 1.82) is 0 Å². The molecule has 4 nitrogen and oxygen atoms in total. The number of carboxylic acid groups (broad SMARTS) is 1. The minimum atomic E-state index is -1.05. The van der Waals surface area contributed by atoms with Crippen LogP contribution in [0.2, 0.25) is 5.02 Å². The molecule has 86 valence electrons. The van der Waals surface area contributed by atoms with Gasteiger partial charge in [-0.05, 0) is 24.6 Å². The van der Waals surface area contributed by atoms with Crippen LogP contribution < -0.4 is 0 Å². The minimum Gasteiger partial charge on any atom is -0.480 e. The molecule has 0 aliphatic rings. The van der Waals surface area contributed by atoms with Gasteiger partial charge in [0.25, 0.3) is 5.91 Å². The van der Waals surface area contributed by atoms with Crippen molar-refractivity contribution in [2.45, 2.75) is 6.92 Å². The van der Waals surface area contributed by atoms with Gasteiger partial charge in [0.2, 0.25) is 0 Å². The average molecular weight is 242 g/mol. The first kappa shape index (κ1) is 12.5. The van der Waals surface area contributed by atoms with Crippen molar-refractivity contribution in [1.82, 2.24) is 4.90 Å². The van der Waals surface area contributed by atoms with Crippen LogP contribution in [0.5, 0.6) is 0 Å². The van der Waals surface area contributed by atoms with Gasteiger partial charge >= 0.3 is 5.97 Å². The summed E-state index contributed by atoms with van der Waals surface area (Å²) in [6.45, 7) is 1.40. The van der Waals surface area contributed by atoms with E-state index in [1.54, 1.807) is 25.1 Å². The average Bonchev–Trinajstić information content (AvgIpc) is 2.20. The molecule has 1 N–H and O–H groups in total. The number of amides is 1. The Morgan fingerprint density at radius 2 is 2.06 bits per heavy atom. The molecule has 1 aromatic carbocycles. The number of hydrogen-bond acceptors (Lipinski definition) is 2. The fourth-order valence-corrected chi connectivity index (χ4v) is 1.49. The summed E-state index contributed by atoms with van der Waals surface area (Å²) in [7, 11) is 1.44. The Morgan fingerprint density at radius 1 is 1.44 bits per heavy atom. The summed E-state index contributed by atoms with van der Waals surface area (Å²) in [6, 6.07) is 4.98. The first-order chi connectivity index (χ1) is 7.43. The van der Waals surface area contributed by atoms with Crippen molar-refractivity contribution >= 4 is 23.5 Å². The molecular formula is C11H12ClNO3. The number of likely N-dealkylation sites (N-methyl/N-ethyl adjacent to an activating group) is 1. The van der Waals surface area contributed by atoms with Gasteiger partial charge in [-0.3, -0.25) is 9.59 Å². The summed E-state index contributed by atoms with van der Waals surface area (Å²) in [5, 5.41) is 9.08. The second-order valence-electron chi connectivity index (χ2n) is 3.47. The molecule has 16 heavy (non-hydrogen) atoms. The molecule has 0 unspecified atom stereocenters. The molecule has 0 aliphatic carbocycles. The Labute approximate surface area is 98.4 Å². The SMILES string of the molecule is Cc1c(Cl)cccc1C(=O)N(C)CC(=O)O. The van der Waals surface area contributed by atoms with Gasteiger partial charge in [-0.15, -0.1) is 0 Å². The number of carbonyl (C=O) groups excluding carboxylic acids is 1. The van der Waals surface area contributed by atoms with E-state index in [4.69, 9.17) is 16.7 Å². The zero-order chi connectivity index (χ0) is 12.3. The molecular weight excluding hydrogens is 230 g/mol. The van der Waals surface area contributed by atoms with Crippen LogP contribution in [0.15, 0.2) is 18.2 Å². The van der Waals surface area contributed by atoms with Crippen molar-refractivity contribution < 1.29 is 14.7 Å². The zero-order valence-electron chi connectivity index (χ0n) is 9.03. The van der Waals surface area contributed by atoms with Gasteiger partial charge < -0.3 is 10.0 Å². The molecule has 1 rings (SSSR count). The number of nitrogens with zero attached hydrogens (tertiary/aromatic N) is 1. The van der Waals surface area contributed by atoms with Crippen LogP contribution in [0.25, 0.3) is 0 Å². The molecule has 0 radical (unpaired) electrons. The highest BCUT2D eigenvalue weighted by atomic mass is 35.5. The predicted molar refractivity (Wildman–Crippen MR) is 60.8 cm³/mol. The Hall–Kier alpha value is -1.55. The fourth-order valence-electron chi connectivity index (χ4n) is 1.32. The zero-order valence-corrected chi connectivity index (χ0v) is 9.78. The summed E-state index contributed by atoms with van der Waals surface area (Å²) in [5.74, 6) is -1.39. The largest absolute Gasteiger partial charge is 0.480 e. The van der Waals surface area contributed by atoms with E-state index in [1.807, 2.05) is 0 Å². The lowest BCUT2D eigenvalue weighted by atomic mass is 10.1. The van der Waals surface area contributed by atoms with Crippen LogP contribution in [0.4, 0.5) is 0 Å². The molecule has 5 heteroatoms. The Kier molecular flexibility index (Phi) is 3.90. The maximum absolute atomic E-state index is 11.9. The molecule has 0 bridgehead atoms. The number of carboxylic acids is 1. The first-order valence-corrected chi connectivity index (χ1v) is 5.03. The molecule has 0 aromatic heterocycles. The molecule has 0 spiro atoms. The van der Waals surface area contributed by atoms with E-state index >= 15 is 0 Å². The van der Waals surface area contributed by atoms with E-state index in [1.165, 1.54) is 7.05 Å². The predicted octanol–water partition coefficient (Wildman–Crippen LogP) is 1.81. The Bertz CT molecular complexity index is 431. The van der Waals surface area contributed by atoms with Crippen LogP contribution in [0.3, 0.4) is 0 Å². The van der Waals surface area contributed by atoms with Crippen LogP contribution in [0.1, 0.15) is 15.9 Å². The Morgan fingerprint density at radius 3 is 2.62 bits per heavy atom. The van der Waals surface area contributed by atoms with Crippen molar-refractivity contribution in [3.05, 3.63) is 34.3 Å². The third-order valence-corrected chi connectivity index (χ3v) is 2.63. The normalized spacial score (nSPS) is 9.94. The molecule has 0 saturated heterocycles. The van der Waals surface area contributed by atoms with Gasteiger partial charge in [0.05, 0.1) is 0 Å². The van der Waals surface area contributed by atoms with E-state index in [0.717, 1.165) is 4.90 Å². The Balaban J connectivity index is 2.96. The maximum Gasteiger partial charge on any atom is 0.323 e. The third-order valence-electron chi connectivity index (χ3n) is 2.22. The number of carbonyl (C=O) groups is 2. The van der Waals surface area contributed by atoms with E-state index in [0.29, 0.717) is 16.1 Å².